The molecule has 2 amide bonds. The SMILES string of the molecule is CC(C)(C)NC(=O)N1CC(c2nc3c(cnn3C3CCCCC3)c(=O)[nH]2)C1. The molecule has 2 aliphatic rings. The van der Waals surface area contributed by atoms with Gasteiger partial charge in [0.1, 0.15) is 11.2 Å². The lowest BCUT2D eigenvalue weighted by Gasteiger charge is -2.40. The van der Waals surface area contributed by atoms with Gasteiger partial charge in [-0.15, -0.1) is 0 Å². The van der Waals surface area contributed by atoms with Gasteiger partial charge in [-0.1, -0.05) is 19.3 Å². The predicted octanol–water partition coefficient (Wildman–Crippen LogP) is 2.53. The topological polar surface area (TPSA) is 95.9 Å². The van der Waals surface area contributed by atoms with E-state index in [4.69, 9.17) is 4.98 Å². The van der Waals surface area contributed by atoms with E-state index < -0.39 is 0 Å². The number of hydrogen-bond donors (Lipinski definition) is 2. The Kier molecular flexibility index (Phi) is 4.44. The number of H-pyrrole nitrogens is 1. The van der Waals surface area contributed by atoms with Gasteiger partial charge >= 0.3 is 6.03 Å². The number of hydrogen-bond acceptors (Lipinski definition) is 4. The summed E-state index contributed by atoms with van der Waals surface area (Å²) in [5.74, 6) is 0.715. The van der Waals surface area contributed by atoms with E-state index in [0.717, 1.165) is 12.8 Å². The average molecular weight is 372 g/mol. The zero-order valence-electron chi connectivity index (χ0n) is 16.3. The Balaban J connectivity index is 1.53. The lowest BCUT2D eigenvalue weighted by molar-refractivity contribution is 0.141. The Morgan fingerprint density at radius 3 is 2.59 bits per heavy atom. The number of nitrogens with zero attached hydrogens (tertiary/aromatic N) is 4. The third-order valence-corrected chi connectivity index (χ3v) is 5.44. The molecule has 1 saturated carbocycles. The number of carbonyl (C=O) groups excluding carboxylic acids is 1. The van der Waals surface area contributed by atoms with Crippen molar-refractivity contribution in [1.29, 1.82) is 0 Å². The smallest absolute Gasteiger partial charge is 0.317 e. The highest BCUT2D eigenvalue weighted by Gasteiger charge is 2.35. The molecule has 3 heterocycles. The maximum Gasteiger partial charge on any atom is 0.317 e. The lowest BCUT2D eigenvalue weighted by atomic mass is 9.96. The molecule has 2 aromatic rings. The maximum atomic E-state index is 12.5. The second kappa shape index (κ2) is 6.65. The van der Waals surface area contributed by atoms with Crippen LogP contribution >= 0.6 is 0 Å². The van der Waals surface area contributed by atoms with Gasteiger partial charge in [0, 0.05) is 18.6 Å². The fourth-order valence-electron chi connectivity index (χ4n) is 3.96. The van der Waals surface area contributed by atoms with Crippen LogP contribution < -0.4 is 10.9 Å². The second-order valence-electron chi connectivity index (χ2n) is 8.85. The molecule has 8 heteroatoms. The fraction of sp³-hybridized carbons (Fsp3) is 0.684. The largest absolute Gasteiger partial charge is 0.333 e. The zero-order chi connectivity index (χ0) is 19.2. The molecule has 2 N–H and O–H groups in total. The summed E-state index contributed by atoms with van der Waals surface area (Å²) >= 11 is 0. The zero-order valence-corrected chi connectivity index (χ0v) is 16.3. The molecule has 4 rings (SSSR count). The van der Waals surface area contributed by atoms with E-state index in [-0.39, 0.29) is 23.0 Å². The molecule has 0 bridgehead atoms. The third kappa shape index (κ3) is 3.57. The van der Waals surface area contributed by atoms with Gasteiger partial charge in [-0.05, 0) is 33.6 Å². The molecule has 8 nitrogen and oxygen atoms in total. The lowest BCUT2D eigenvalue weighted by Crippen LogP contribution is -2.56. The van der Waals surface area contributed by atoms with Gasteiger partial charge in [-0.2, -0.15) is 5.10 Å². The standard InChI is InChI=1S/C19H28N6O2/c1-19(2,3)23-18(27)24-10-12(11-24)15-21-16-14(17(26)22-15)9-20-25(16)13-7-5-4-6-8-13/h9,12-13H,4-8,10-11H2,1-3H3,(H,23,27)(H,21,22,26). The highest BCUT2D eigenvalue weighted by Crippen LogP contribution is 2.30. The van der Waals surface area contributed by atoms with Crippen LogP contribution in [-0.2, 0) is 0 Å². The van der Waals surface area contributed by atoms with E-state index in [2.05, 4.69) is 15.4 Å². The van der Waals surface area contributed by atoms with Crippen molar-refractivity contribution in [3.05, 3.63) is 22.4 Å². The first kappa shape index (κ1) is 18.0. The molecular weight excluding hydrogens is 344 g/mol. The van der Waals surface area contributed by atoms with Gasteiger partial charge in [-0.25, -0.2) is 14.5 Å². The molecule has 0 radical (unpaired) electrons. The molecule has 146 valence electrons. The van der Waals surface area contributed by atoms with Crippen LogP contribution in [0.15, 0.2) is 11.0 Å². The van der Waals surface area contributed by atoms with Crippen LogP contribution in [0.4, 0.5) is 4.79 Å². The first-order valence-electron chi connectivity index (χ1n) is 9.86. The van der Waals surface area contributed by atoms with E-state index in [1.807, 2.05) is 25.5 Å². The number of carbonyl (C=O) groups is 1. The van der Waals surface area contributed by atoms with Crippen LogP contribution in [0.5, 0.6) is 0 Å². The number of likely N-dealkylation sites (tertiary alicyclic amines) is 1. The van der Waals surface area contributed by atoms with Crippen LogP contribution in [0.25, 0.3) is 11.0 Å². The second-order valence-corrected chi connectivity index (χ2v) is 8.85. The van der Waals surface area contributed by atoms with Crippen molar-refractivity contribution >= 4 is 17.1 Å². The summed E-state index contributed by atoms with van der Waals surface area (Å²) in [5, 5.41) is 7.98. The van der Waals surface area contributed by atoms with Crippen molar-refractivity contribution in [1.82, 2.24) is 30.0 Å². The van der Waals surface area contributed by atoms with Gasteiger partial charge in [0.05, 0.1) is 18.2 Å². The van der Waals surface area contributed by atoms with Crippen LogP contribution in [0.2, 0.25) is 0 Å². The molecule has 1 aliphatic heterocycles. The van der Waals surface area contributed by atoms with E-state index in [0.29, 0.717) is 36.0 Å². The van der Waals surface area contributed by atoms with Crippen LogP contribution in [0.1, 0.15) is 70.7 Å². The average Bonchev–Trinajstić information content (AvgIpc) is 2.97. The Hall–Kier alpha value is -2.38. The Morgan fingerprint density at radius 1 is 1.22 bits per heavy atom. The Morgan fingerprint density at radius 2 is 1.93 bits per heavy atom. The molecular formula is C19H28N6O2. The number of aromatic amines is 1. The third-order valence-electron chi connectivity index (χ3n) is 5.44. The number of aromatic nitrogens is 4. The molecule has 0 unspecified atom stereocenters. The molecule has 0 atom stereocenters. The molecule has 2 aromatic heterocycles. The quantitative estimate of drug-likeness (QED) is 0.847. The molecule has 1 saturated heterocycles. The van der Waals surface area contributed by atoms with Crippen molar-refractivity contribution < 1.29 is 4.79 Å². The summed E-state index contributed by atoms with van der Waals surface area (Å²) in [7, 11) is 0. The van der Waals surface area contributed by atoms with Gasteiger partial charge in [0.2, 0.25) is 0 Å². The van der Waals surface area contributed by atoms with Gasteiger partial charge in [-0.3, -0.25) is 4.79 Å². The number of rotatable bonds is 2. The van der Waals surface area contributed by atoms with Crippen LogP contribution in [0, 0.1) is 0 Å². The monoisotopic (exact) mass is 372 g/mol. The van der Waals surface area contributed by atoms with Gasteiger partial charge < -0.3 is 15.2 Å². The fourth-order valence-corrected chi connectivity index (χ4v) is 3.96. The summed E-state index contributed by atoms with van der Waals surface area (Å²) in [6.07, 6.45) is 7.47. The highest BCUT2D eigenvalue weighted by atomic mass is 16.2. The van der Waals surface area contributed by atoms with Gasteiger partial charge in [0.25, 0.3) is 5.56 Å². The minimum Gasteiger partial charge on any atom is -0.333 e. The molecule has 2 fully saturated rings. The first-order valence-corrected chi connectivity index (χ1v) is 9.86. The van der Waals surface area contributed by atoms with E-state index in [1.54, 1.807) is 11.1 Å². The predicted molar refractivity (Wildman–Crippen MR) is 103 cm³/mol. The molecule has 27 heavy (non-hydrogen) atoms. The van der Waals surface area contributed by atoms with Crippen molar-refractivity contribution in [2.75, 3.05) is 13.1 Å². The summed E-state index contributed by atoms with van der Waals surface area (Å²) in [5.41, 5.74) is 0.271. The highest BCUT2D eigenvalue weighted by molar-refractivity contribution is 5.76. The van der Waals surface area contributed by atoms with Crippen molar-refractivity contribution in [2.45, 2.75) is 70.4 Å². The summed E-state index contributed by atoms with van der Waals surface area (Å²) < 4.78 is 1.94. The molecule has 0 aromatic carbocycles. The maximum absolute atomic E-state index is 12.5. The number of nitrogens with one attached hydrogen (secondary N) is 2. The molecule has 1 aliphatic carbocycles. The Bertz CT molecular complexity index is 897. The van der Waals surface area contributed by atoms with Crippen LogP contribution in [0.3, 0.4) is 0 Å². The normalized spacial score (nSPS) is 19.3. The van der Waals surface area contributed by atoms with E-state index in [1.165, 1.54) is 19.3 Å². The first-order chi connectivity index (χ1) is 12.8. The number of fused-ring (bicyclic) bond motifs is 1. The summed E-state index contributed by atoms with van der Waals surface area (Å²) in [6, 6.07) is 0.253. The minimum atomic E-state index is -0.264. The van der Waals surface area contributed by atoms with Crippen molar-refractivity contribution in [2.24, 2.45) is 0 Å². The summed E-state index contributed by atoms with van der Waals surface area (Å²) in [4.78, 5) is 34.1. The van der Waals surface area contributed by atoms with E-state index >= 15 is 0 Å². The van der Waals surface area contributed by atoms with E-state index in [9.17, 15) is 9.59 Å². The Labute approximate surface area is 158 Å². The molecule has 0 spiro atoms. The van der Waals surface area contributed by atoms with Crippen molar-refractivity contribution in [3.63, 3.8) is 0 Å². The number of amides is 2. The minimum absolute atomic E-state index is 0.0579. The van der Waals surface area contributed by atoms with Gasteiger partial charge in [0.15, 0.2) is 5.65 Å². The number of urea groups is 1. The van der Waals surface area contributed by atoms with Crippen molar-refractivity contribution in [3.8, 4) is 0 Å². The summed E-state index contributed by atoms with van der Waals surface area (Å²) in [6.45, 7) is 7.01. The van der Waals surface area contributed by atoms with Crippen LogP contribution in [-0.4, -0.2) is 49.3 Å².